The van der Waals surface area contributed by atoms with Gasteiger partial charge in [-0.25, -0.2) is 8.42 Å². The summed E-state index contributed by atoms with van der Waals surface area (Å²) in [4.78, 5) is 12.8. The lowest BCUT2D eigenvalue weighted by atomic mass is 10.2. The highest BCUT2D eigenvalue weighted by molar-refractivity contribution is 7.89. The normalized spacial score (nSPS) is 16.3. The first-order valence-electron chi connectivity index (χ1n) is 9.63. The predicted molar refractivity (Wildman–Crippen MR) is 109 cm³/mol. The highest BCUT2D eigenvalue weighted by Gasteiger charge is 2.26. The van der Waals surface area contributed by atoms with Crippen LogP contribution in [0.1, 0.15) is 32.6 Å². The average Bonchev–Trinajstić information content (AvgIpc) is 2.73. The maximum absolute atomic E-state index is 12.7. The number of nitrogens with zero attached hydrogens (tertiary/aromatic N) is 1. The van der Waals surface area contributed by atoms with Crippen molar-refractivity contribution in [1.29, 1.82) is 0 Å². The van der Waals surface area contributed by atoms with Gasteiger partial charge in [0.15, 0.2) is 6.10 Å². The van der Waals surface area contributed by atoms with Gasteiger partial charge in [-0.3, -0.25) is 4.79 Å². The molecular weight excluding hydrogens is 376 g/mol. The molecule has 1 atom stereocenters. The monoisotopic (exact) mass is 402 g/mol. The third-order valence-corrected chi connectivity index (χ3v) is 6.67. The molecule has 0 radical (unpaired) electrons. The van der Waals surface area contributed by atoms with Gasteiger partial charge in [-0.15, -0.1) is 0 Å². The highest BCUT2D eigenvalue weighted by atomic mass is 32.2. The van der Waals surface area contributed by atoms with Crippen LogP contribution < -0.4 is 10.1 Å². The zero-order valence-electron chi connectivity index (χ0n) is 16.0. The van der Waals surface area contributed by atoms with Gasteiger partial charge in [0.25, 0.3) is 5.91 Å². The number of amides is 1. The zero-order chi connectivity index (χ0) is 20.0. The van der Waals surface area contributed by atoms with E-state index in [1.165, 1.54) is 4.31 Å². The Morgan fingerprint density at radius 2 is 1.68 bits per heavy atom. The van der Waals surface area contributed by atoms with Crippen molar-refractivity contribution in [3.63, 3.8) is 0 Å². The van der Waals surface area contributed by atoms with Gasteiger partial charge in [0.1, 0.15) is 5.75 Å². The van der Waals surface area contributed by atoms with Gasteiger partial charge in [0, 0.05) is 18.8 Å². The van der Waals surface area contributed by atoms with Crippen molar-refractivity contribution in [1.82, 2.24) is 4.31 Å². The second-order valence-corrected chi connectivity index (χ2v) is 8.74. The van der Waals surface area contributed by atoms with Crippen LogP contribution in [0.5, 0.6) is 5.75 Å². The molecule has 1 unspecified atom stereocenters. The third-order valence-electron chi connectivity index (χ3n) is 4.76. The molecule has 150 valence electrons. The van der Waals surface area contributed by atoms with Crippen molar-refractivity contribution in [2.24, 2.45) is 0 Å². The number of benzene rings is 2. The van der Waals surface area contributed by atoms with Gasteiger partial charge < -0.3 is 10.1 Å². The van der Waals surface area contributed by atoms with Crippen LogP contribution in [0.15, 0.2) is 59.5 Å². The van der Waals surface area contributed by atoms with E-state index in [4.69, 9.17) is 4.74 Å². The Hall–Kier alpha value is -2.38. The standard InChI is InChI=1S/C21H26N2O4S/c1-2-20(27-18-9-5-3-6-10-18)21(24)22-17-11-13-19(14-12-17)28(25,26)23-15-7-4-8-16-23/h3,5-6,9-14,20H,2,4,7-8,15-16H2,1H3,(H,22,24). The van der Waals surface area contributed by atoms with Crippen molar-refractivity contribution in [3.8, 4) is 5.75 Å². The van der Waals surface area contributed by atoms with Crippen LogP contribution in [0, 0.1) is 0 Å². The molecule has 1 saturated heterocycles. The number of carbonyl (C=O) groups is 1. The molecule has 0 saturated carbocycles. The van der Waals surface area contributed by atoms with E-state index in [0.29, 0.717) is 30.9 Å². The Balaban J connectivity index is 1.65. The number of carbonyl (C=O) groups excluding carboxylic acids is 1. The smallest absolute Gasteiger partial charge is 0.265 e. The molecule has 28 heavy (non-hydrogen) atoms. The zero-order valence-corrected chi connectivity index (χ0v) is 16.8. The molecule has 0 spiro atoms. The number of rotatable bonds is 7. The number of piperidine rings is 1. The second kappa shape index (κ2) is 9.21. The van der Waals surface area contributed by atoms with Crippen LogP contribution in [0.3, 0.4) is 0 Å². The van der Waals surface area contributed by atoms with Crippen LogP contribution in [0.4, 0.5) is 5.69 Å². The van der Waals surface area contributed by atoms with Gasteiger partial charge >= 0.3 is 0 Å². The average molecular weight is 403 g/mol. The van der Waals surface area contributed by atoms with Crippen LogP contribution >= 0.6 is 0 Å². The van der Waals surface area contributed by atoms with E-state index in [1.54, 1.807) is 36.4 Å². The first-order valence-corrected chi connectivity index (χ1v) is 11.1. The van der Waals surface area contributed by atoms with E-state index >= 15 is 0 Å². The Morgan fingerprint density at radius 1 is 1.04 bits per heavy atom. The third kappa shape index (κ3) is 4.91. The van der Waals surface area contributed by atoms with Gasteiger partial charge in [0.05, 0.1) is 4.90 Å². The minimum absolute atomic E-state index is 0.250. The van der Waals surface area contributed by atoms with Crippen LogP contribution in [0.2, 0.25) is 0 Å². The molecule has 3 rings (SSSR count). The summed E-state index contributed by atoms with van der Waals surface area (Å²) in [6.45, 7) is 3.01. The van der Waals surface area contributed by atoms with Crippen molar-refractivity contribution < 1.29 is 17.9 Å². The molecule has 1 fully saturated rings. The molecule has 0 aliphatic carbocycles. The summed E-state index contributed by atoms with van der Waals surface area (Å²) in [7, 11) is -3.47. The van der Waals surface area contributed by atoms with E-state index in [-0.39, 0.29) is 10.8 Å². The summed E-state index contributed by atoms with van der Waals surface area (Å²) in [5.41, 5.74) is 0.540. The quantitative estimate of drug-likeness (QED) is 0.767. The fourth-order valence-corrected chi connectivity index (χ4v) is 4.69. The number of hydrogen-bond acceptors (Lipinski definition) is 4. The van der Waals surface area contributed by atoms with E-state index in [2.05, 4.69) is 5.32 Å². The fraction of sp³-hybridized carbons (Fsp3) is 0.381. The molecule has 7 heteroatoms. The van der Waals surface area contributed by atoms with Crippen molar-refractivity contribution in [2.45, 2.75) is 43.6 Å². The van der Waals surface area contributed by atoms with Gasteiger partial charge in [-0.2, -0.15) is 4.31 Å². The number of hydrogen-bond donors (Lipinski definition) is 1. The van der Waals surface area contributed by atoms with Gasteiger partial charge in [-0.05, 0) is 55.7 Å². The van der Waals surface area contributed by atoms with Gasteiger partial charge in [-0.1, -0.05) is 31.5 Å². The largest absolute Gasteiger partial charge is 0.481 e. The Kier molecular flexibility index (Phi) is 6.70. The Labute approximate surface area is 166 Å². The summed E-state index contributed by atoms with van der Waals surface area (Å²) in [6.07, 6.45) is 2.75. The molecule has 1 heterocycles. The molecule has 0 bridgehead atoms. The SMILES string of the molecule is CCC(Oc1ccccc1)C(=O)Nc1ccc(S(=O)(=O)N2CCCCC2)cc1. The molecular formula is C21H26N2O4S. The molecule has 1 N–H and O–H groups in total. The number of nitrogens with one attached hydrogen (secondary N) is 1. The molecule has 1 aliphatic heterocycles. The van der Waals surface area contributed by atoms with Crippen molar-refractivity contribution >= 4 is 21.6 Å². The van der Waals surface area contributed by atoms with E-state index < -0.39 is 16.1 Å². The highest BCUT2D eigenvalue weighted by Crippen LogP contribution is 2.22. The molecule has 2 aromatic rings. The van der Waals surface area contributed by atoms with E-state index in [9.17, 15) is 13.2 Å². The lowest BCUT2D eigenvalue weighted by Gasteiger charge is -2.26. The predicted octanol–water partition coefficient (Wildman–Crippen LogP) is 3.66. The summed E-state index contributed by atoms with van der Waals surface area (Å²) < 4.78 is 32.7. The van der Waals surface area contributed by atoms with Gasteiger partial charge in [0.2, 0.25) is 10.0 Å². The number of ether oxygens (including phenoxy) is 1. The van der Waals surface area contributed by atoms with Crippen LogP contribution in [-0.2, 0) is 14.8 Å². The Morgan fingerprint density at radius 3 is 2.29 bits per heavy atom. The van der Waals surface area contributed by atoms with Crippen molar-refractivity contribution in [3.05, 3.63) is 54.6 Å². The Bertz CT molecular complexity index is 876. The number of sulfonamides is 1. The number of para-hydroxylation sites is 1. The second-order valence-electron chi connectivity index (χ2n) is 6.81. The summed E-state index contributed by atoms with van der Waals surface area (Å²) >= 11 is 0. The minimum Gasteiger partial charge on any atom is -0.481 e. The molecule has 1 aliphatic rings. The fourth-order valence-electron chi connectivity index (χ4n) is 3.17. The summed E-state index contributed by atoms with van der Waals surface area (Å²) in [5, 5.41) is 2.80. The first kappa shape index (κ1) is 20.4. The maximum Gasteiger partial charge on any atom is 0.265 e. The summed E-state index contributed by atoms with van der Waals surface area (Å²) in [5.74, 6) is 0.366. The maximum atomic E-state index is 12.7. The van der Waals surface area contributed by atoms with E-state index in [0.717, 1.165) is 19.3 Å². The first-order chi connectivity index (χ1) is 13.5. The lowest BCUT2D eigenvalue weighted by Crippen LogP contribution is -2.35. The van der Waals surface area contributed by atoms with Crippen LogP contribution in [0.25, 0.3) is 0 Å². The molecule has 1 amide bonds. The lowest BCUT2D eigenvalue weighted by molar-refractivity contribution is -0.122. The van der Waals surface area contributed by atoms with Crippen LogP contribution in [-0.4, -0.2) is 37.8 Å². The molecule has 2 aromatic carbocycles. The molecule has 6 nitrogen and oxygen atoms in total. The topological polar surface area (TPSA) is 75.7 Å². The summed E-state index contributed by atoms with van der Waals surface area (Å²) in [6, 6.07) is 15.5. The minimum atomic E-state index is -3.47. The number of anilines is 1. The van der Waals surface area contributed by atoms with Crippen molar-refractivity contribution in [2.75, 3.05) is 18.4 Å². The molecule has 0 aromatic heterocycles. The van der Waals surface area contributed by atoms with E-state index in [1.807, 2.05) is 25.1 Å².